The Balaban J connectivity index is 1.95. The smallest absolute Gasteiger partial charge is 0.240 e. The number of hydrogen-bond donors (Lipinski definition) is 2. The zero-order valence-electron chi connectivity index (χ0n) is 16.4. The maximum absolute atomic E-state index is 12.4. The van der Waals surface area contributed by atoms with Crippen LogP contribution in [0, 0.1) is 13.8 Å². The van der Waals surface area contributed by atoms with Gasteiger partial charge in [0.15, 0.2) is 0 Å². The van der Waals surface area contributed by atoms with Crippen molar-refractivity contribution in [3.8, 4) is 5.75 Å². The predicted octanol–water partition coefficient (Wildman–Crippen LogP) is 1.95. The summed E-state index contributed by atoms with van der Waals surface area (Å²) in [6.07, 6.45) is 0. The Kier molecular flexibility index (Phi) is 6.98. The second-order valence-corrected chi connectivity index (χ2v) is 8.04. The molecule has 2 aromatic rings. The SMILES string of the molecule is CCOc1ccc(S(=O)(=O)NCCNc2nc(C)cc(N(C)C)n2)cc1C. The van der Waals surface area contributed by atoms with Crippen LogP contribution in [0.2, 0.25) is 0 Å². The average Bonchev–Trinajstić information content (AvgIpc) is 2.60. The molecule has 1 heterocycles. The lowest BCUT2D eigenvalue weighted by Crippen LogP contribution is -2.29. The van der Waals surface area contributed by atoms with Crippen molar-refractivity contribution in [2.24, 2.45) is 0 Å². The topological polar surface area (TPSA) is 96.5 Å². The number of aromatic nitrogens is 2. The molecule has 0 spiro atoms. The number of anilines is 2. The fourth-order valence-corrected chi connectivity index (χ4v) is 3.53. The minimum absolute atomic E-state index is 0.211. The van der Waals surface area contributed by atoms with Crippen LogP contribution >= 0.6 is 0 Å². The summed E-state index contributed by atoms with van der Waals surface area (Å²) in [6.45, 7) is 6.71. The quantitative estimate of drug-likeness (QED) is 0.629. The molecule has 0 fully saturated rings. The minimum atomic E-state index is -3.59. The van der Waals surface area contributed by atoms with Crippen molar-refractivity contribution in [3.63, 3.8) is 0 Å². The molecule has 0 saturated carbocycles. The molecule has 0 saturated heterocycles. The summed E-state index contributed by atoms with van der Waals surface area (Å²) in [5, 5.41) is 3.05. The van der Waals surface area contributed by atoms with Gasteiger partial charge in [0.1, 0.15) is 11.6 Å². The number of ether oxygens (including phenoxy) is 1. The number of aryl methyl sites for hydroxylation is 2. The fraction of sp³-hybridized carbons (Fsp3) is 0.444. The molecule has 0 aliphatic carbocycles. The predicted molar refractivity (Wildman–Crippen MR) is 107 cm³/mol. The van der Waals surface area contributed by atoms with Crippen LogP contribution in [0.25, 0.3) is 0 Å². The normalized spacial score (nSPS) is 11.3. The Morgan fingerprint density at radius 1 is 1.11 bits per heavy atom. The van der Waals surface area contributed by atoms with Gasteiger partial charge in [0.2, 0.25) is 16.0 Å². The van der Waals surface area contributed by atoms with Crippen molar-refractivity contribution in [1.29, 1.82) is 0 Å². The Morgan fingerprint density at radius 2 is 1.85 bits per heavy atom. The van der Waals surface area contributed by atoms with E-state index < -0.39 is 10.0 Å². The van der Waals surface area contributed by atoms with Crippen LogP contribution < -0.4 is 19.7 Å². The lowest BCUT2D eigenvalue weighted by atomic mass is 10.2. The number of rotatable bonds is 9. The van der Waals surface area contributed by atoms with Gasteiger partial charge in [0, 0.05) is 38.9 Å². The van der Waals surface area contributed by atoms with E-state index in [4.69, 9.17) is 4.74 Å². The van der Waals surface area contributed by atoms with E-state index in [1.807, 2.05) is 45.8 Å². The average molecular weight is 394 g/mol. The van der Waals surface area contributed by atoms with Crippen molar-refractivity contribution in [1.82, 2.24) is 14.7 Å². The molecule has 0 unspecified atom stereocenters. The Hall–Kier alpha value is -2.39. The molecule has 0 bridgehead atoms. The second kappa shape index (κ2) is 9.01. The third-order valence-electron chi connectivity index (χ3n) is 3.76. The van der Waals surface area contributed by atoms with Crippen molar-refractivity contribution < 1.29 is 13.2 Å². The lowest BCUT2D eigenvalue weighted by molar-refractivity contribution is 0.337. The van der Waals surface area contributed by atoms with Crippen LogP contribution in [0.1, 0.15) is 18.2 Å². The van der Waals surface area contributed by atoms with Gasteiger partial charge < -0.3 is 15.0 Å². The molecule has 2 N–H and O–H groups in total. The first kappa shape index (κ1) is 20.9. The first-order valence-electron chi connectivity index (χ1n) is 8.73. The molecule has 8 nitrogen and oxygen atoms in total. The van der Waals surface area contributed by atoms with Gasteiger partial charge in [0.25, 0.3) is 0 Å². The molecule has 1 aromatic heterocycles. The maximum atomic E-state index is 12.4. The van der Waals surface area contributed by atoms with Gasteiger partial charge in [0.05, 0.1) is 11.5 Å². The standard InChI is InChI=1S/C18H27N5O3S/c1-6-26-16-8-7-15(11-13(16)2)27(24,25)20-10-9-19-18-21-14(3)12-17(22-18)23(4)5/h7-8,11-12,20H,6,9-10H2,1-5H3,(H,19,21,22). The van der Waals surface area contributed by atoms with E-state index >= 15 is 0 Å². The molecule has 0 atom stereocenters. The zero-order chi connectivity index (χ0) is 20.0. The number of sulfonamides is 1. The molecule has 1 aromatic carbocycles. The number of nitrogens with zero attached hydrogens (tertiary/aromatic N) is 3. The number of nitrogens with one attached hydrogen (secondary N) is 2. The van der Waals surface area contributed by atoms with Crippen LogP contribution in [0.5, 0.6) is 5.75 Å². The van der Waals surface area contributed by atoms with E-state index in [0.29, 0.717) is 24.8 Å². The van der Waals surface area contributed by atoms with Crippen LogP contribution in [-0.2, 0) is 10.0 Å². The second-order valence-electron chi connectivity index (χ2n) is 6.27. The van der Waals surface area contributed by atoms with Crippen LogP contribution in [-0.4, -0.2) is 52.2 Å². The third-order valence-corrected chi connectivity index (χ3v) is 5.21. The molecule has 0 radical (unpaired) electrons. The van der Waals surface area contributed by atoms with Crippen molar-refractivity contribution in [3.05, 3.63) is 35.5 Å². The van der Waals surface area contributed by atoms with Crippen LogP contribution in [0.15, 0.2) is 29.2 Å². The third kappa shape index (κ3) is 5.80. The van der Waals surface area contributed by atoms with E-state index in [2.05, 4.69) is 20.0 Å². The van der Waals surface area contributed by atoms with Gasteiger partial charge in [-0.1, -0.05) is 0 Å². The Bertz CT molecular complexity index is 885. The van der Waals surface area contributed by atoms with Gasteiger partial charge in [-0.25, -0.2) is 18.1 Å². The van der Waals surface area contributed by atoms with Crippen LogP contribution in [0.4, 0.5) is 11.8 Å². The molecule has 9 heteroatoms. The first-order chi connectivity index (χ1) is 12.7. The zero-order valence-corrected chi connectivity index (χ0v) is 17.2. The summed E-state index contributed by atoms with van der Waals surface area (Å²) < 4.78 is 32.9. The molecule has 0 amide bonds. The molecule has 0 aliphatic rings. The van der Waals surface area contributed by atoms with E-state index in [-0.39, 0.29) is 11.4 Å². The first-order valence-corrected chi connectivity index (χ1v) is 10.2. The van der Waals surface area contributed by atoms with Crippen LogP contribution in [0.3, 0.4) is 0 Å². The highest BCUT2D eigenvalue weighted by atomic mass is 32.2. The van der Waals surface area contributed by atoms with Gasteiger partial charge >= 0.3 is 0 Å². The van der Waals surface area contributed by atoms with E-state index in [0.717, 1.165) is 17.1 Å². The van der Waals surface area contributed by atoms with Gasteiger partial charge in [-0.05, 0) is 44.5 Å². The van der Waals surface area contributed by atoms with Crippen molar-refractivity contribution >= 4 is 21.8 Å². The summed E-state index contributed by atoms with van der Waals surface area (Å²) in [4.78, 5) is 10.8. The lowest BCUT2D eigenvalue weighted by Gasteiger charge is -2.14. The van der Waals surface area contributed by atoms with E-state index in [9.17, 15) is 8.42 Å². The highest BCUT2D eigenvalue weighted by molar-refractivity contribution is 7.89. The van der Waals surface area contributed by atoms with Crippen molar-refractivity contribution in [2.45, 2.75) is 25.7 Å². The van der Waals surface area contributed by atoms with Gasteiger partial charge in [-0.2, -0.15) is 4.98 Å². The van der Waals surface area contributed by atoms with Gasteiger partial charge in [-0.15, -0.1) is 0 Å². The number of hydrogen-bond acceptors (Lipinski definition) is 7. The Morgan fingerprint density at radius 3 is 2.48 bits per heavy atom. The van der Waals surface area contributed by atoms with Crippen molar-refractivity contribution in [2.75, 3.05) is 44.0 Å². The largest absolute Gasteiger partial charge is 0.494 e. The number of benzene rings is 1. The molecule has 27 heavy (non-hydrogen) atoms. The van der Waals surface area contributed by atoms with Gasteiger partial charge in [-0.3, -0.25) is 0 Å². The summed E-state index contributed by atoms with van der Waals surface area (Å²) in [7, 11) is 0.209. The summed E-state index contributed by atoms with van der Waals surface area (Å²) in [6, 6.07) is 6.70. The van der Waals surface area contributed by atoms with E-state index in [1.54, 1.807) is 18.2 Å². The monoisotopic (exact) mass is 393 g/mol. The molecule has 148 valence electrons. The van der Waals surface area contributed by atoms with E-state index in [1.165, 1.54) is 0 Å². The minimum Gasteiger partial charge on any atom is -0.494 e. The molecule has 0 aliphatic heterocycles. The molecular formula is C18H27N5O3S. The summed E-state index contributed by atoms with van der Waals surface area (Å²) >= 11 is 0. The highest BCUT2D eigenvalue weighted by Gasteiger charge is 2.15. The molecule has 2 rings (SSSR count). The maximum Gasteiger partial charge on any atom is 0.240 e. The molecular weight excluding hydrogens is 366 g/mol. The summed E-state index contributed by atoms with van der Waals surface area (Å²) in [5.74, 6) is 1.94. The fourth-order valence-electron chi connectivity index (χ4n) is 2.41. The highest BCUT2D eigenvalue weighted by Crippen LogP contribution is 2.21. The Labute approximate surface area is 161 Å². The summed E-state index contributed by atoms with van der Waals surface area (Å²) in [5.41, 5.74) is 1.61.